The molecule has 0 amide bonds. The number of hydrogen-bond donors (Lipinski definition) is 1. The lowest BCUT2D eigenvalue weighted by molar-refractivity contribution is 0.569. The second kappa shape index (κ2) is 7.49. The summed E-state index contributed by atoms with van der Waals surface area (Å²) in [6, 6.07) is 7.29. The van der Waals surface area contributed by atoms with Crippen molar-refractivity contribution in [1.29, 1.82) is 0 Å². The zero-order valence-corrected chi connectivity index (χ0v) is 15.5. The zero-order valence-electron chi connectivity index (χ0n) is 14.7. The van der Waals surface area contributed by atoms with Crippen LogP contribution in [0.25, 0.3) is 0 Å². The van der Waals surface area contributed by atoms with E-state index in [1.54, 1.807) is 19.2 Å². The molecule has 0 unspecified atom stereocenters. The molecule has 3 rings (SSSR count). The zero-order chi connectivity index (χ0) is 17.9. The van der Waals surface area contributed by atoms with Crippen molar-refractivity contribution in [3.8, 4) is 0 Å². The molecule has 0 spiro atoms. The monoisotopic (exact) mass is 360 g/mol. The first-order chi connectivity index (χ1) is 12.0. The van der Waals surface area contributed by atoms with Gasteiger partial charge in [-0.3, -0.25) is 0 Å². The molecule has 1 aromatic carbocycles. The Morgan fingerprint density at radius 3 is 2.64 bits per heavy atom. The molecule has 1 N–H and O–H groups in total. The van der Waals surface area contributed by atoms with Gasteiger partial charge in [0.2, 0.25) is 10.0 Å². The third-order valence-electron chi connectivity index (χ3n) is 4.42. The van der Waals surface area contributed by atoms with E-state index in [9.17, 15) is 8.42 Å². The minimum Gasteiger partial charge on any atom is -0.357 e. The van der Waals surface area contributed by atoms with Gasteiger partial charge in [0.25, 0.3) is 0 Å². The summed E-state index contributed by atoms with van der Waals surface area (Å²) in [5.41, 5.74) is 1.63. The maximum absolute atomic E-state index is 12.6. The van der Waals surface area contributed by atoms with Gasteiger partial charge in [-0.2, -0.15) is 0 Å². The second-order valence-electron chi connectivity index (χ2n) is 6.47. The Morgan fingerprint density at radius 1 is 1.12 bits per heavy atom. The number of hydrogen-bond acceptors (Lipinski definition) is 5. The molecule has 1 saturated heterocycles. The third-order valence-corrected chi connectivity index (χ3v) is 5.97. The average molecular weight is 360 g/mol. The van der Waals surface area contributed by atoms with Gasteiger partial charge < -0.3 is 4.90 Å². The van der Waals surface area contributed by atoms with Crippen LogP contribution in [0.1, 0.15) is 36.2 Å². The smallest absolute Gasteiger partial charge is 0.241 e. The number of anilines is 1. The first-order valence-corrected chi connectivity index (χ1v) is 10.1. The lowest BCUT2D eigenvalue weighted by Gasteiger charge is -2.27. The van der Waals surface area contributed by atoms with Crippen LogP contribution in [-0.2, 0) is 16.6 Å². The Hall–Kier alpha value is -1.99. The van der Waals surface area contributed by atoms with E-state index < -0.39 is 10.0 Å². The number of piperidine rings is 1. The van der Waals surface area contributed by atoms with E-state index in [2.05, 4.69) is 19.6 Å². The van der Waals surface area contributed by atoms with Gasteiger partial charge >= 0.3 is 0 Å². The van der Waals surface area contributed by atoms with Crippen LogP contribution in [0.15, 0.2) is 35.4 Å². The highest BCUT2D eigenvalue weighted by Crippen LogP contribution is 2.18. The van der Waals surface area contributed by atoms with Gasteiger partial charge in [-0.25, -0.2) is 23.1 Å². The highest BCUT2D eigenvalue weighted by molar-refractivity contribution is 7.89. The van der Waals surface area contributed by atoms with Crippen molar-refractivity contribution in [2.75, 3.05) is 18.0 Å². The molecule has 0 atom stereocenters. The topological polar surface area (TPSA) is 75.2 Å². The van der Waals surface area contributed by atoms with Crippen molar-refractivity contribution < 1.29 is 8.42 Å². The molecule has 6 nitrogen and oxygen atoms in total. The maximum atomic E-state index is 12.6. The molecule has 0 aliphatic carbocycles. The van der Waals surface area contributed by atoms with E-state index in [1.807, 2.05) is 25.1 Å². The summed E-state index contributed by atoms with van der Waals surface area (Å²) in [7, 11) is -3.59. The molecule has 0 radical (unpaired) electrons. The van der Waals surface area contributed by atoms with E-state index in [1.165, 1.54) is 19.3 Å². The highest BCUT2D eigenvalue weighted by atomic mass is 32.2. The normalized spacial score (nSPS) is 15.4. The molecule has 1 fully saturated rings. The van der Waals surface area contributed by atoms with Gasteiger partial charge in [-0.05, 0) is 56.4 Å². The van der Waals surface area contributed by atoms with E-state index in [4.69, 9.17) is 0 Å². The molecular formula is C18H24N4O2S. The predicted octanol–water partition coefficient (Wildman–Crippen LogP) is 2.56. The molecule has 0 bridgehead atoms. The summed E-state index contributed by atoms with van der Waals surface area (Å²) >= 11 is 0. The lowest BCUT2D eigenvalue weighted by Crippen LogP contribution is -2.31. The molecule has 0 saturated carbocycles. The SMILES string of the molecule is Cc1ccc(C)c(S(=O)(=O)NCc2nccc(N3CCCCC3)n2)c1. The van der Waals surface area contributed by atoms with Gasteiger partial charge in [-0.1, -0.05) is 12.1 Å². The summed E-state index contributed by atoms with van der Waals surface area (Å²) < 4.78 is 27.8. The number of benzene rings is 1. The third kappa shape index (κ3) is 4.35. The van der Waals surface area contributed by atoms with Gasteiger partial charge in [0.15, 0.2) is 0 Å². The van der Waals surface area contributed by atoms with Crippen molar-refractivity contribution in [3.63, 3.8) is 0 Å². The van der Waals surface area contributed by atoms with Crippen LogP contribution in [0.2, 0.25) is 0 Å². The van der Waals surface area contributed by atoms with Crippen LogP contribution in [0, 0.1) is 13.8 Å². The minimum absolute atomic E-state index is 0.0807. The molecular weight excluding hydrogens is 336 g/mol. The fraction of sp³-hybridized carbons (Fsp3) is 0.444. The van der Waals surface area contributed by atoms with Crippen LogP contribution >= 0.6 is 0 Å². The molecule has 1 aliphatic heterocycles. The maximum Gasteiger partial charge on any atom is 0.241 e. The van der Waals surface area contributed by atoms with E-state index in [0.717, 1.165) is 30.0 Å². The summed E-state index contributed by atoms with van der Waals surface area (Å²) in [6.45, 7) is 5.73. The summed E-state index contributed by atoms with van der Waals surface area (Å²) in [4.78, 5) is 11.3. The highest BCUT2D eigenvalue weighted by Gasteiger charge is 2.18. The quantitative estimate of drug-likeness (QED) is 0.887. The standard InChI is InChI=1S/C18H24N4O2S/c1-14-6-7-15(2)16(12-14)25(23,24)20-13-17-19-9-8-18(21-17)22-10-4-3-5-11-22/h6-9,12,20H,3-5,10-11,13H2,1-2H3. The fourth-order valence-corrected chi connectivity index (χ4v) is 4.31. The molecule has 7 heteroatoms. The minimum atomic E-state index is -3.59. The Morgan fingerprint density at radius 2 is 1.88 bits per heavy atom. The number of nitrogens with one attached hydrogen (secondary N) is 1. The van der Waals surface area contributed by atoms with E-state index in [0.29, 0.717) is 10.7 Å². The summed E-state index contributed by atoms with van der Waals surface area (Å²) in [5, 5.41) is 0. The Bertz CT molecular complexity index is 846. The summed E-state index contributed by atoms with van der Waals surface area (Å²) in [5.74, 6) is 1.35. The number of rotatable bonds is 5. The first-order valence-electron chi connectivity index (χ1n) is 8.59. The molecule has 2 aromatic rings. The van der Waals surface area contributed by atoms with E-state index in [-0.39, 0.29) is 6.54 Å². The van der Waals surface area contributed by atoms with Crippen molar-refractivity contribution in [2.24, 2.45) is 0 Å². The molecule has 25 heavy (non-hydrogen) atoms. The molecule has 1 aliphatic rings. The van der Waals surface area contributed by atoms with Crippen LogP contribution in [-0.4, -0.2) is 31.5 Å². The van der Waals surface area contributed by atoms with Crippen molar-refractivity contribution in [1.82, 2.24) is 14.7 Å². The van der Waals surface area contributed by atoms with Gasteiger partial charge in [-0.15, -0.1) is 0 Å². The Balaban J connectivity index is 1.73. The van der Waals surface area contributed by atoms with Crippen LogP contribution in [0.4, 0.5) is 5.82 Å². The fourth-order valence-electron chi connectivity index (χ4n) is 3.01. The predicted molar refractivity (Wildman–Crippen MR) is 98.0 cm³/mol. The van der Waals surface area contributed by atoms with Gasteiger partial charge in [0.1, 0.15) is 11.6 Å². The lowest BCUT2D eigenvalue weighted by atomic mass is 10.1. The number of aromatic nitrogens is 2. The largest absolute Gasteiger partial charge is 0.357 e. The van der Waals surface area contributed by atoms with Crippen molar-refractivity contribution in [3.05, 3.63) is 47.4 Å². The first kappa shape index (κ1) is 17.8. The average Bonchev–Trinajstić information content (AvgIpc) is 2.63. The number of sulfonamides is 1. The van der Waals surface area contributed by atoms with Crippen molar-refractivity contribution >= 4 is 15.8 Å². The van der Waals surface area contributed by atoms with Gasteiger partial charge in [0, 0.05) is 19.3 Å². The van der Waals surface area contributed by atoms with Crippen LogP contribution in [0.5, 0.6) is 0 Å². The number of nitrogens with zero attached hydrogens (tertiary/aromatic N) is 3. The summed E-state index contributed by atoms with van der Waals surface area (Å²) in [6.07, 6.45) is 5.28. The van der Waals surface area contributed by atoms with Crippen LogP contribution in [0.3, 0.4) is 0 Å². The Labute approximate surface area is 149 Å². The second-order valence-corrected chi connectivity index (χ2v) is 8.21. The molecule has 134 valence electrons. The molecule has 1 aromatic heterocycles. The van der Waals surface area contributed by atoms with Gasteiger partial charge in [0.05, 0.1) is 11.4 Å². The Kier molecular flexibility index (Phi) is 5.34. The van der Waals surface area contributed by atoms with Crippen LogP contribution < -0.4 is 9.62 Å². The number of aryl methyl sites for hydroxylation is 2. The van der Waals surface area contributed by atoms with E-state index >= 15 is 0 Å². The molecule has 2 heterocycles. The van der Waals surface area contributed by atoms with Crippen molar-refractivity contribution in [2.45, 2.75) is 44.6 Å².